The average molecular weight is 438 g/mol. The predicted octanol–water partition coefficient (Wildman–Crippen LogP) is 3.69. The van der Waals surface area contributed by atoms with Crippen LogP contribution in [0.3, 0.4) is 0 Å². The minimum atomic E-state index is -0.227. The van der Waals surface area contributed by atoms with Gasteiger partial charge in [0.1, 0.15) is 18.1 Å². The lowest BCUT2D eigenvalue weighted by atomic mass is 10.1. The first-order valence-corrected chi connectivity index (χ1v) is 10.0. The highest BCUT2D eigenvalue weighted by Crippen LogP contribution is 2.27. The molecule has 31 heavy (non-hydrogen) atoms. The maximum absolute atomic E-state index is 12.3. The van der Waals surface area contributed by atoms with Crippen molar-refractivity contribution >= 4 is 22.5 Å². The molecule has 1 N–H and O–H groups in total. The molecule has 0 fully saturated rings. The van der Waals surface area contributed by atoms with Crippen LogP contribution in [0.25, 0.3) is 22.2 Å². The fourth-order valence-corrected chi connectivity index (χ4v) is 3.43. The van der Waals surface area contributed by atoms with E-state index in [1.54, 1.807) is 37.6 Å². The van der Waals surface area contributed by atoms with E-state index < -0.39 is 0 Å². The van der Waals surface area contributed by atoms with E-state index in [-0.39, 0.29) is 25.3 Å². The molecule has 7 nitrogen and oxygen atoms in total. The Balaban J connectivity index is 1.52. The highest BCUT2D eigenvalue weighted by Gasteiger charge is 2.08. The van der Waals surface area contributed by atoms with Crippen LogP contribution in [0, 0.1) is 0 Å². The van der Waals surface area contributed by atoms with Gasteiger partial charge in [-0.1, -0.05) is 23.7 Å². The van der Waals surface area contributed by atoms with Gasteiger partial charge in [0.25, 0.3) is 5.56 Å². The third kappa shape index (κ3) is 4.52. The zero-order valence-electron chi connectivity index (χ0n) is 16.8. The van der Waals surface area contributed by atoms with Crippen LogP contribution < -0.4 is 15.0 Å². The summed E-state index contributed by atoms with van der Waals surface area (Å²) < 4.78 is 12.5. The topological polar surface area (TPSA) is 86.5 Å². The van der Waals surface area contributed by atoms with E-state index >= 15 is 0 Å². The van der Waals surface area contributed by atoms with Crippen molar-refractivity contribution in [3.8, 4) is 22.8 Å². The van der Waals surface area contributed by atoms with Crippen LogP contribution in [0.4, 0.5) is 0 Å². The maximum atomic E-state index is 12.3. The molecule has 2 aromatic heterocycles. The Morgan fingerprint density at radius 1 is 1.10 bits per heavy atom. The van der Waals surface area contributed by atoms with Crippen molar-refractivity contribution in [2.45, 2.75) is 13.2 Å². The molecule has 158 valence electrons. The SMILES string of the molecule is COc1ccc2c(OCCn3nc(-c4ccc(CO)c(Cl)c4)ccc3=O)ccnc2c1. The number of hydrogen-bond acceptors (Lipinski definition) is 6. The molecule has 8 heteroatoms. The van der Waals surface area contributed by atoms with Crippen molar-refractivity contribution in [1.82, 2.24) is 14.8 Å². The number of rotatable bonds is 7. The minimum absolute atomic E-state index is 0.139. The summed E-state index contributed by atoms with van der Waals surface area (Å²) in [6.45, 7) is 0.390. The van der Waals surface area contributed by atoms with Crippen LogP contribution in [0.5, 0.6) is 11.5 Å². The first kappa shape index (κ1) is 20.8. The second-order valence-corrected chi connectivity index (χ2v) is 7.19. The van der Waals surface area contributed by atoms with Gasteiger partial charge in [0.05, 0.1) is 31.5 Å². The van der Waals surface area contributed by atoms with Gasteiger partial charge in [-0.15, -0.1) is 0 Å². The molecule has 4 rings (SSSR count). The Labute approximate surface area is 183 Å². The molecule has 0 unspecified atom stereocenters. The fraction of sp³-hybridized carbons (Fsp3) is 0.174. The molecule has 0 bridgehead atoms. The number of halogens is 1. The maximum Gasteiger partial charge on any atom is 0.266 e. The highest BCUT2D eigenvalue weighted by molar-refractivity contribution is 6.31. The summed E-state index contributed by atoms with van der Waals surface area (Å²) in [5.41, 5.74) is 2.53. The molecular formula is C23H20ClN3O4. The van der Waals surface area contributed by atoms with Crippen molar-refractivity contribution in [3.05, 3.63) is 81.7 Å². The Hall–Kier alpha value is -3.42. The van der Waals surface area contributed by atoms with E-state index in [0.717, 1.165) is 22.2 Å². The Morgan fingerprint density at radius 2 is 1.97 bits per heavy atom. The fourth-order valence-electron chi connectivity index (χ4n) is 3.19. The molecule has 4 aromatic rings. The van der Waals surface area contributed by atoms with E-state index in [4.69, 9.17) is 21.1 Å². The smallest absolute Gasteiger partial charge is 0.266 e. The second kappa shape index (κ2) is 9.16. The first-order chi connectivity index (χ1) is 15.1. The minimum Gasteiger partial charge on any atom is -0.497 e. The molecular weight excluding hydrogens is 418 g/mol. The van der Waals surface area contributed by atoms with Gasteiger partial charge in [-0.05, 0) is 35.9 Å². The van der Waals surface area contributed by atoms with Crippen LogP contribution in [-0.4, -0.2) is 33.6 Å². The van der Waals surface area contributed by atoms with Gasteiger partial charge in [-0.25, -0.2) is 4.68 Å². The average Bonchev–Trinajstić information content (AvgIpc) is 2.80. The molecule has 0 spiro atoms. The summed E-state index contributed by atoms with van der Waals surface area (Å²) in [5, 5.41) is 15.0. The van der Waals surface area contributed by atoms with Crippen molar-refractivity contribution in [2.75, 3.05) is 13.7 Å². The number of hydrogen-bond donors (Lipinski definition) is 1. The van der Waals surface area contributed by atoms with Crippen LogP contribution in [0.15, 0.2) is 65.6 Å². The van der Waals surface area contributed by atoms with E-state index in [1.807, 2.05) is 24.3 Å². The number of benzene rings is 2. The third-order valence-electron chi connectivity index (χ3n) is 4.86. The van der Waals surface area contributed by atoms with E-state index in [1.165, 1.54) is 10.7 Å². The number of methoxy groups -OCH3 is 1. The zero-order valence-corrected chi connectivity index (χ0v) is 17.5. The van der Waals surface area contributed by atoms with Crippen molar-refractivity contribution in [3.63, 3.8) is 0 Å². The summed E-state index contributed by atoms with van der Waals surface area (Å²) in [5.74, 6) is 1.39. The standard InChI is InChI=1S/C23H20ClN3O4/c1-30-17-4-5-18-21(13-17)25-9-8-22(18)31-11-10-27-23(29)7-6-20(26-27)15-2-3-16(14-28)19(24)12-15/h2-9,12-13,28H,10-11,14H2,1H3. The highest BCUT2D eigenvalue weighted by atomic mass is 35.5. The van der Waals surface area contributed by atoms with Crippen LogP contribution in [0.1, 0.15) is 5.56 Å². The van der Waals surface area contributed by atoms with E-state index in [0.29, 0.717) is 22.0 Å². The summed E-state index contributed by atoms with van der Waals surface area (Å²) in [6.07, 6.45) is 1.67. The van der Waals surface area contributed by atoms with Crippen molar-refractivity contribution in [2.24, 2.45) is 0 Å². The Bertz CT molecular complexity index is 1290. The van der Waals surface area contributed by atoms with Gasteiger partial charge in [0.2, 0.25) is 0 Å². The van der Waals surface area contributed by atoms with Gasteiger partial charge in [-0.3, -0.25) is 9.78 Å². The summed E-state index contributed by atoms with van der Waals surface area (Å²) in [6, 6.07) is 15.7. The molecule has 2 heterocycles. The van der Waals surface area contributed by atoms with Gasteiger partial charge < -0.3 is 14.6 Å². The molecule has 0 saturated heterocycles. The molecule has 0 atom stereocenters. The van der Waals surface area contributed by atoms with Crippen molar-refractivity contribution in [1.29, 1.82) is 0 Å². The molecule has 0 radical (unpaired) electrons. The number of pyridine rings is 1. The number of aliphatic hydroxyl groups is 1. The quantitative estimate of drug-likeness (QED) is 0.474. The first-order valence-electron chi connectivity index (χ1n) is 9.62. The Kier molecular flexibility index (Phi) is 6.16. The lowest BCUT2D eigenvalue weighted by molar-refractivity contribution is 0.282. The Morgan fingerprint density at radius 3 is 2.74 bits per heavy atom. The van der Waals surface area contributed by atoms with Gasteiger partial charge >= 0.3 is 0 Å². The predicted molar refractivity (Wildman–Crippen MR) is 119 cm³/mol. The largest absolute Gasteiger partial charge is 0.497 e. The third-order valence-corrected chi connectivity index (χ3v) is 5.21. The molecule has 0 amide bonds. The lowest BCUT2D eigenvalue weighted by Crippen LogP contribution is -2.25. The monoisotopic (exact) mass is 437 g/mol. The molecule has 0 aliphatic heterocycles. The number of aromatic nitrogens is 3. The lowest BCUT2D eigenvalue weighted by Gasteiger charge is -2.11. The summed E-state index contributed by atoms with van der Waals surface area (Å²) in [7, 11) is 1.61. The normalized spacial score (nSPS) is 10.9. The molecule has 0 saturated carbocycles. The number of aliphatic hydroxyl groups excluding tert-OH is 1. The zero-order chi connectivity index (χ0) is 21.8. The molecule has 0 aliphatic rings. The number of nitrogens with zero attached hydrogens (tertiary/aromatic N) is 3. The second-order valence-electron chi connectivity index (χ2n) is 6.78. The van der Waals surface area contributed by atoms with Crippen LogP contribution in [-0.2, 0) is 13.2 Å². The van der Waals surface area contributed by atoms with Gasteiger partial charge in [0, 0.05) is 34.3 Å². The van der Waals surface area contributed by atoms with Gasteiger partial charge in [0.15, 0.2) is 0 Å². The molecule has 2 aromatic carbocycles. The van der Waals surface area contributed by atoms with E-state index in [2.05, 4.69) is 10.1 Å². The van der Waals surface area contributed by atoms with Crippen LogP contribution in [0.2, 0.25) is 5.02 Å². The number of ether oxygens (including phenoxy) is 2. The van der Waals surface area contributed by atoms with Crippen molar-refractivity contribution < 1.29 is 14.6 Å². The number of fused-ring (bicyclic) bond motifs is 1. The van der Waals surface area contributed by atoms with Crippen LogP contribution >= 0.6 is 11.6 Å². The summed E-state index contributed by atoms with van der Waals surface area (Å²) >= 11 is 6.18. The molecule has 0 aliphatic carbocycles. The summed E-state index contributed by atoms with van der Waals surface area (Å²) in [4.78, 5) is 16.6. The van der Waals surface area contributed by atoms with E-state index in [9.17, 15) is 9.90 Å². The van der Waals surface area contributed by atoms with Gasteiger partial charge in [-0.2, -0.15) is 5.10 Å².